The van der Waals surface area contributed by atoms with Gasteiger partial charge in [0.25, 0.3) is 11.5 Å². The summed E-state index contributed by atoms with van der Waals surface area (Å²) < 4.78 is 20.6. The summed E-state index contributed by atoms with van der Waals surface area (Å²) in [5.41, 5.74) is 0.555. The van der Waals surface area contributed by atoms with Gasteiger partial charge in [-0.05, 0) is 55.8 Å². The molecule has 2 aromatic heterocycles. The molecular formula is C24H21ClFN3O3. The number of hydrogen-bond acceptors (Lipinski definition) is 4. The molecule has 2 aromatic carbocycles. The Morgan fingerprint density at radius 3 is 2.62 bits per heavy atom. The minimum absolute atomic E-state index is 0.111. The van der Waals surface area contributed by atoms with Crippen molar-refractivity contribution in [1.82, 2.24) is 14.5 Å². The fraction of sp³-hybridized carbons (Fsp3) is 0.208. The minimum atomic E-state index is -0.589. The van der Waals surface area contributed by atoms with Crippen molar-refractivity contribution in [3.63, 3.8) is 0 Å². The number of nitrogens with zero attached hydrogens (tertiary/aromatic N) is 3. The summed E-state index contributed by atoms with van der Waals surface area (Å²) >= 11 is 6.02. The van der Waals surface area contributed by atoms with Gasteiger partial charge >= 0.3 is 0 Å². The highest BCUT2D eigenvalue weighted by Crippen LogP contribution is 2.28. The quantitative estimate of drug-likeness (QED) is 0.393. The van der Waals surface area contributed by atoms with Crippen molar-refractivity contribution in [3.05, 3.63) is 93.6 Å². The van der Waals surface area contributed by atoms with E-state index in [4.69, 9.17) is 21.0 Å². The molecule has 1 unspecified atom stereocenters. The standard InChI is InChI=1S/C24H21ClFN3O3/c1-3-20(28(4-2)24(31)21-10-7-13-32-21)22-27-19-9-6-5-8-16(19)23(30)29(22)15-11-12-18(26)17(25)14-15/h5-14,20H,3-4H2,1-2H3. The van der Waals surface area contributed by atoms with E-state index in [0.717, 1.165) is 0 Å². The molecule has 0 N–H and O–H groups in total. The Kier molecular flexibility index (Phi) is 6.10. The maximum Gasteiger partial charge on any atom is 0.290 e. The van der Waals surface area contributed by atoms with E-state index in [2.05, 4.69) is 0 Å². The molecule has 0 saturated heterocycles. The number of carbonyl (C=O) groups excluding carboxylic acids is 1. The predicted molar refractivity (Wildman–Crippen MR) is 121 cm³/mol. The molecule has 8 heteroatoms. The Hall–Kier alpha value is -3.45. The van der Waals surface area contributed by atoms with Crippen LogP contribution in [0.25, 0.3) is 16.6 Å². The van der Waals surface area contributed by atoms with Crippen LogP contribution >= 0.6 is 11.6 Å². The van der Waals surface area contributed by atoms with Crippen molar-refractivity contribution in [3.8, 4) is 5.69 Å². The lowest BCUT2D eigenvalue weighted by Crippen LogP contribution is -2.38. The summed E-state index contributed by atoms with van der Waals surface area (Å²) in [6, 6.07) is 13.7. The molecule has 0 bridgehead atoms. The monoisotopic (exact) mass is 453 g/mol. The maximum atomic E-state index is 13.8. The maximum absolute atomic E-state index is 13.8. The first-order valence-corrected chi connectivity index (χ1v) is 10.7. The van der Waals surface area contributed by atoms with Crippen LogP contribution in [0.15, 0.2) is 70.1 Å². The van der Waals surface area contributed by atoms with Crippen LogP contribution in [0.1, 0.15) is 42.7 Å². The van der Waals surface area contributed by atoms with E-state index in [1.54, 1.807) is 41.3 Å². The zero-order valence-electron chi connectivity index (χ0n) is 17.6. The predicted octanol–water partition coefficient (Wildman–Crippen LogP) is 5.38. The van der Waals surface area contributed by atoms with Crippen LogP contribution in [0.5, 0.6) is 0 Å². The molecule has 0 aliphatic heterocycles. The van der Waals surface area contributed by atoms with Crippen LogP contribution in [0, 0.1) is 5.82 Å². The van der Waals surface area contributed by atoms with Gasteiger partial charge in [-0.25, -0.2) is 9.37 Å². The van der Waals surface area contributed by atoms with E-state index in [1.807, 2.05) is 13.8 Å². The molecule has 0 radical (unpaired) electrons. The topological polar surface area (TPSA) is 68.3 Å². The number of benzene rings is 2. The van der Waals surface area contributed by atoms with Crippen LogP contribution in [0.4, 0.5) is 4.39 Å². The Morgan fingerprint density at radius 1 is 1.19 bits per heavy atom. The van der Waals surface area contributed by atoms with E-state index in [1.165, 1.54) is 29.0 Å². The van der Waals surface area contributed by atoms with Gasteiger partial charge in [0.1, 0.15) is 11.6 Å². The molecule has 0 aliphatic carbocycles. The van der Waals surface area contributed by atoms with Gasteiger partial charge in [0, 0.05) is 6.54 Å². The van der Waals surface area contributed by atoms with Gasteiger partial charge in [0.2, 0.25) is 0 Å². The highest BCUT2D eigenvalue weighted by Gasteiger charge is 2.30. The SMILES string of the molecule is CCC(c1nc2ccccc2c(=O)n1-c1ccc(F)c(Cl)c1)N(CC)C(=O)c1ccco1. The van der Waals surface area contributed by atoms with Gasteiger partial charge in [0.15, 0.2) is 5.76 Å². The first-order valence-electron chi connectivity index (χ1n) is 10.3. The zero-order valence-corrected chi connectivity index (χ0v) is 18.3. The van der Waals surface area contributed by atoms with E-state index in [-0.39, 0.29) is 22.2 Å². The van der Waals surface area contributed by atoms with Crippen molar-refractivity contribution in [2.75, 3.05) is 6.54 Å². The van der Waals surface area contributed by atoms with Gasteiger partial charge in [-0.3, -0.25) is 14.2 Å². The van der Waals surface area contributed by atoms with Crippen molar-refractivity contribution < 1.29 is 13.6 Å². The molecule has 6 nitrogen and oxygen atoms in total. The molecule has 2 heterocycles. The van der Waals surface area contributed by atoms with Gasteiger partial charge < -0.3 is 9.32 Å². The van der Waals surface area contributed by atoms with Crippen LogP contribution in [-0.2, 0) is 0 Å². The highest BCUT2D eigenvalue weighted by molar-refractivity contribution is 6.30. The summed E-state index contributed by atoms with van der Waals surface area (Å²) in [4.78, 5) is 33.1. The number of aromatic nitrogens is 2. The lowest BCUT2D eigenvalue weighted by Gasteiger charge is -2.31. The number of rotatable bonds is 6. The van der Waals surface area contributed by atoms with E-state index in [9.17, 15) is 14.0 Å². The fourth-order valence-electron chi connectivity index (χ4n) is 3.84. The summed E-state index contributed by atoms with van der Waals surface area (Å²) in [5, 5.41) is 0.299. The first kappa shape index (κ1) is 21.8. The number of para-hydroxylation sites is 1. The van der Waals surface area contributed by atoms with Gasteiger partial charge in [0.05, 0.1) is 33.9 Å². The molecule has 4 rings (SSSR count). The van der Waals surface area contributed by atoms with Gasteiger partial charge in [-0.15, -0.1) is 0 Å². The van der Waals surface area contributed by atoms with Crippen molar-refractivity contribution in [2.45, 2.75) is 26.3 Å². The van der Waals surface area contributed by atoms with Crippen molar-refractivity contribution in [2.24, 2.45) is 0 Å². The Morgan fingerprint density at radius 2 is 1.97 bits per heavy atom. The third-order valence-corrected chi connectivity index (χ3v) is 5.65. The normalized spacial score (nSPS) is 12.1. The van der Waals surface area contributed by atoms with E-state index in [0.29, 0.717) is 35.4 Å². The van der Waals surface area contributed by atoms with E-state index < -0.39 is 11.9 Å². The molecule has 4 aromatic rings. The van der Waals surface area contributed by atoms with Crippen LogP contribution in [-0.4, -0.2) is 26.9 Å². The molecule has 0 spiro atoms. The molecule has 1 atom stereocenters. The lowest BCUT2D eigenvalue weighted by molar-refractivity contribution is 0.0639. The average Bonchev–Trinajstić information content (AvgIpc) is 3.34. The second kappa shape index (κ2) is 8.96. The summed E-state index contributed by atoms with van der Waals surface area (Å²) in [6.45, 7) is 4.12. The van der Waals surface area contributed by atoms with Crippen LogP contribution in [0.2, 0.25) is 5.02 Å². The van der Waals surface area contributed by atoms with E-state index >= 15 is 0 Å². The highest BCUT2D eigenvalue weighted by atomic mass is 35.5. The largest absolute Gasteiger partial charge is 0.459 e. The number of fused-ring (bicyclic) bond motifs is 1. The Balaban J connectivity index is 1.97. The zero-order chi connectivity index (χ0) is 22.8. The number of furan rings is 1. The van der Waals surface area contributed by atoms with Crippen molar-refractivity contribution in [1.29, 1.82) is 0 Å². The average molecular weight is 454 g/mol. The minimum Gasteiger partial charge on any atom is -0.459 e. The molecule has 164 valence electrons. The first-order chi connectivity index (χ1) is 15.5. The number of hydrogen-bond donors (Lipinski definition) is 0. The van der Waals surface area contributed by atoms with Gasteiger partial charge in [-0.1, -0.05) is 30.7 Å². The second-order valence-corrected chi connectivity index (χ2v) is 7.63. The number of amides is 1. The number of carbonyl (C=O) groups is 1. The van der Waals surface area contributed by atoms with Crippen LogP contribution < -0.4 is 5.56 Å². The summed E-state index contributed by atoms with van der Waals surface area (Å²) in [6.07, 6.45) is 1.92. The molecule has 32 heavy (non-hydrogen) atoms. The second-order valence-electron chi connectivity index (χ2n) is 7.22. The Bertz CT molecular complexity index is 1330. The fourth-order valence-corrected chi connectivity index (χ4v) is 4.01. The molecule has 0 fully saturated rings. The molecular weight excluding hydrogens is 433 g/mol. The van der Waals surface area contributed by atoms with Gasteiger partial charge in [-0.2, -0.15) is 0 Å². The smallest absolute Gasteiger partial charge is 0.290 e. The van der Waals surface area contributed by atoms with Crippen molar-refractivity contribution >= 4 is 28.4 Å². The third kappa shape index (κ3) is 3.80. The lowest BCUT2D eigenvalue weighted by atomic mass is 10.1. The molecule has 1 amide bonds. The van der Waals surface area contributed by atoms with Crippen LogP contribution in [0.3, 0.4) is 0 Å². The number of halogens is 2. The summed E-state index contributed by atoms with van der Waals surface area (Å²) in [5.74, 6) is -0.338. The molecule has 0 aliphatic rings. The Labute approximate surface area is 188 Å². The third-order valence-electron chi connectivity index (χ3n) is 5.36. The summed E-state index contributed by atoms with van der Waals surface area (Å²) in [7, 11) is 0. The molecule has 0 saturated carbocycles.